The number of hydrogen-bond acceptors (Lipinski definition) is 4. The maximum atomic E-state index is 11.6. The molecule has 0 spiro atoms. The Morgan fingerprint density at radius 1 is 1.53 bits per heavy atom. The number of carbonyl (C=O) groups excluding carboxylic acids is 1. The molecule has 5 heteroatoms. The number of morpholine rings is 1. The zero-order valence-electron chi connectivity index (χ0n) is 10.8. The molecular weight excluding hydrogens is 220 g/mol. The van der Waals surface area contributed by atoms with Gasteiger partial charge in [0.05, 0.1) is 12.7 Å². The summed E-state index contributed by atoms with van der Waals surface area (Å²) in [6.45, 7) is 7.55. The molecule has 100 valence electrons. The van der Waals surface area contributed by atoms with Gasteiger partial charge in [-0.05, 0) is 26.7 Å². The first-order chi connectivity index (χ1) is 8.20. The molecule has 1 heterocycles. The van der Waals surface area contributed by atoms with E-state index in [1.807, 2.05) is 13.8 Å². The monoisotopic (exact) mass is 244 g/mol. The van der Waals surface area contributed by atoms with E-state index in [4.69, 9.17) is 9.47 Å². The van der Waals surface area contributed by atoms with Crippen LogP contribution in [0.25, 0.3) is 0 Å². The van der Waals surface area contributed by atoms with E-state index in [0.717, 1.165) is 26.0 Å². The first kappa shape index (κ1) is 14.4. The zero-order valence-corrected chi connectivity index (χ0v) is 10.8. The van der Waals surface area contributed by atoms with Crippen molar-refractivity contribution in [2.24, 2.45) is 0 Å². The molecule has 1 amide bonds. The van der Waals surface area contributed by atoms with Crippen LogP contribution in [-0.4, -0.2) is 51.0 Å². The van der Waals surface area contributed by atoms with Crippen LogP contribution in [0.15, 0.2) is 0 Å². The summed E-state index contributed by atoms with van der Waals surface area (Å²) in [5, 5.41) is 6.01. The Morgan fingerprint density at radius 3 is 3.00 bits per heavy atom. The van der Waals surface area contributed by atoms with Crippen LogP contribution in [0.2, 0.25) is 0 Å². The van der Waals surface area contributed by atoms with Crippen LogP contribution in [0, 0.1) is 0 Å². The minimum Gasteiger partial charge on any atom is -0.379 e. The van der Waals surface area contributed by atoms with Gasteiger partial charge in [-0.2, -0.15) is 0 Å². The average Bonchev–Trinajstić information content (AvgIpc) is 2.34. The Balaban J connectivity index is 1.96. The van der Waals surface area contributed by atoms with Gasteiger partial charge in [0.25, 0.3) is 0 Å². The lowest BCUT2D eigenvalue weighted by molar-refractivity contribution is -0.134. The second-order valence-corrected chi connectivity index (χ2v) is 4.48. The van der Waals surface area contributed by atoms with Crippen molar-refractivity contribution >= 4 is 5.91 Å². The van der Waals surface area contributed by atoms with Gasteiger partial charge < -0.3 is 20.1 Å². The van der Waals surface area contributed by atoms with Gasteiger partial charge in [-0.3, -0.25) is 4.79 Å². The number of carbonyl (C=O) groups is 1. The van der Waals surface area contributed by atoms with Gasteiger partial charge in [-0.1, -0.05) is 0 Å². The molecule has 1 unspecified atom stereocenters. The van der Waals surface area contributed by atoms with E-state index < -0.39 is 0 Å². The summed E-state index contributed by atoms with van der Waals surface area (Å²) in [5.41, 5.74) is 0. The van der Waals surface area contributed by atoms with Gasteiger partial charge in [-0.25, -0.2) is 0 Å². The SMILES string of the molecule is CC(C)OCCCCNC(=O)C1CNCCO1. The highest BCUT2D eigenvalue weighted by Gasteiger charge is 2.20. The van der Waals surface area contributed by atoms with E-state index in [1.165, 1.54) is 0 Å². The summed E-state index contributed by atoms with van der Waals surface area (Å²) in [6.07, 6.45) is 1.88. The molecule has 17 heavy (non-hydrogen) atoms. The highest BCUT2D eigenvalue weighted by Crippen LogP contribution is 1.97. The van der Waals surface area contributed by atoms with Crippen molar-refractivity contribution in [1.82, 2.24) is 10.6 Å². The van der Waals surface area contributed by atoms with Gasteiger partial charge in [0.2, 0.25) is 5.91 Å². The molecule has 0 radical (unpaired) electrons. The van der Waals surface area contributed by atoms with Gasteiger partial charge in [0, 0.05) is 26.2 Å². The van der Waals surface area contributed by atoms with Crippen LogP contribution in [0.4, 0.5) is 0 Å². The Morgan fingerprint density at radius 2 is 2.35 bits per heavy atom. The highest BCUT2D eigenvalue weighted by atomic mass is 16.5. The Kier molecular flexibility index (Phi) is 7.16. The topological polar surface area (TPSA) is 59.6 Å². The van der Waals surface area contributed by atoms with Crippen molar-refractivity contribution in [3.8, 4) is 0 Å². The van der Waals surface area contributed by atoms with Crippen LogP contribution >= 0.6 is 0 Å². The fraction of sp³-hybridized carbons (Fsp3) is 0.917. The van der Waals surface area contributed by atoms with Gasteiger partial charge in [0.15, 0.2) is 0 Å². The molecule has 0 aromatic carbocycles. The molecule has 0 aromatic heterocycles. The summed E-state index contributed by atoms with van der Waals surface area (Å²) < 4.78 is 10.8. The van der Waals surface area contributed by atoms with E-state index in [1.54, 1.807) is 0 Å². The molecule has 1 aliphatic heterocycles. The molecule has 0 aliphatic carbocycles. The van der Waals surface area contributed by atoms with Gasteiger partial charge in [0.1, 0.15) is 6.10 Å². The highest BCUT2D eigenvalue weighted by molar-refractivity contribution is 5.81. The molecule has 2 N–H and O–H groups in total. The largest absolute Gasteiger partial charge is 0.379 e. The van der Waals surface area contributed by atoms with Crippen LogP contribution < -0.4 is 10.6 Å². The van der Waals surface area contributed by atoms with Crippen molar-refractivity contribution in [2.75, 3.05) is 32.8 Å². The number of ether oxygens (including phenoxy) is 2. The second kappa shape index (κ2) is 8.44. The van der Waals surface area contributed by atoms with Gasteiger partial charge >= 0.3 is 0 Å². The molecule has 1 aliphatic rings. The van der Waals surface area contributed by atoms with Crippen molar-refractivity contribution in [3.05, 3.63) is 0 Å². The smallest absolute Gasteiger partial charge is 0.250 e. The lowest BCUT2D eigenvalue weighted by Gasteiger charge is -2.22. The minimum absolute atomic E-state index is 0.0121. The number of hydrogen-bond donors (Lipinski definition) is 2. The standard InChI is InChI=1S/C12H24N2O3/c1-10(2)16-7-4-3-5-14-12(15)11-9-13-6-8-17-11/h10-11,13H,3-9H2,1-2H3,(H,14,15). The summed E-state index contributed by atoms with van der Waals surface area (Å²) in [4.78, 5) is 11.6. The maximum Gasteiger partial charge on any atom is 0.250 e. The first-order valence-electron chi connectivity index (χ1n) is 6.42. The molecule has 1 saturated heterocycles. The third-order valence-electron chi connectivity index (χ3n) is 2.54. The van der Waals surface area contributed by atoms with E-state index in [2.05, 4.69) is 10.6 Å². The van der Waals surface area contributed by atoms with Crippen LogP contribution in [0.3, 0.4) is 0 Å². The average molecular weight is 244 g/mol. The van der Waals surface area contributed by atoms with Gasteiger partial charge in [-0.15, -0.1) is 0 Å². The lowest BCUT2D eigenvalue weighted by atomic mass is 10.2. The van der Waals surface area contributed by atoms with Crippen LogP contribution in [0.5, 0.6) is 0 Å². The minimum atomic E-state index is -0.323. The van der Waals surface area contributed by atoms with E-state index in [0.29, 0.717) is 19.7 Å². The quantitative estimate of drug-likeness (QED) is 0.632. The summed E-state index contributed by atoms with van der Waals surface area (Å²) in [7, 11) is 0. The zero-order chi connectivity index (χ0) is 12.5. The number of amides is 1. The molecule has 1 rings (SSSR count). The Labute approximate surface area is 103 Å². The molecule has 0 saturated carbocycles. The van der Waals surface area contributed by atoms with Crippen molar-refractivity contribution < 1.29 is 14.3 Å². The maximum absolute atomic E-state index is 11.6. The molecule has 1 atom stereocenters. The fourth-order valence-electron chi connectivity index (χ4n) is 1.61. The summed E-state index contributed by atoms with van der Waals surface area (Å²) >= 11 is 0. The molecule has 5 nitrogen and oxygen atoms in total. The third-order valence-corrected chi connectivity index (χ3v) is 2.54. The lowest BCUT2D eigenvalue weighted by Crippen LogP contribution is -2.48. The predicted molar refractivity (Wildman–Crippen MR) is 65.9 cm³/mol. The normalized spacial score (nSPS) is 20.5. The Hall–Kier alpha value is -0.650. The number of nitrogens with one attached hydrogen (secondary N) is 2. The molecule has 1 fully saturated rings. The van der Waals surface area contributed by atoms with Crippen molar-refractivity contribution in [2.45, 2.75) is 38.9 Å². The molecule has 0 bridgehead atoms. The van der Waals surface area contributed by atoms with Crippen LogP contribution in [-0.2, 0) is 14.3 Å². The summed E-state index contributed by atoms with van der Waals surface area (Å²) in [6, 6.07) is 0. The van der Waals surface area contributed by atoms with Crippen LogP contribution in [0.1, 0.15) is 26.7 Å². The van der Waals surface area contributed by atoms with E-state index in [9.17, 15) is 4.79 Å². The number of rotatable bonds is 7. The third kappa shape index (κ3) is 6.61. The number of unbranched alkanes of at least 4 members (excludes halogenated alkanes) is 1. The van der Waals surface area contributed by atoms with E-state index in [-0.39, 0.29) is 18.1 Å². The summed E-state index contributed by atoms with van der Waals surface area (Å²) in [5.74, 6) is -0.0121. The first-order valence-corrected chi connectivity index (χ1v) is 6.42. The fourth-order valence-corrected chi connectivity index (χ4v) is 1.61. The van der Waals surface area contributed by atoms with Crippen molar-refractivity contribution in [1.29, 1.82) is 0 Å². The van der Waals surface area contributed by atoms with E-state index >= 15 is 0 Å². The molecule has 0 aromatic rings. The second-order valence-electron chi connectivity index (χ2n) is 4.48. The predicted octanol–water partition coefficient (Wildman–Crippen LogP) is 0.296. The Bertz CT molecular complexity index is 216. The molecular formula is C12H24N2O3. The van der Waals surface area contributed by atoms with Crippen molar-refractivity contribution in [3.63, 3.8) is 0 Å².